The molecule has 1 fully saturated rings. The molecule has 0 aliphatic carbocycles. The molecule has 2 N–H and O–H groups in total. The van der Waals surface area contributed by atoms with Crippen LogP contribution in [0.4, 0.5) is 5.69 Å². The highest BCUT2D eigenvalue weighted by atomic mass is 16.3. The fraction of sp³-hybridized carbons (Fsp3) is 0.632. The van der Waals surface area contributed by atoms with Crippen LogP contribution in [0.1, 0.15) is 63.5 Å². The molecule has 0 saturated carbocycles. The van der Waals surface area contributed by atoms with Gasteiger partial charge in [0.1, 0.15) is 0 Å². The van der Waals surface area contributed by atoms with Gasteiger partial charge in [0.15, 0.2) is 0 Å². The van der Waals surface area contributed by atoms with Gasteiger partial charge in [-0.15, -0.1) is 0 Å². The molecule has 1 aliphatic rings. The standard InChI is InChI=1S/C19H30N2O2/c1-13(2)16-8-5-9-17(14(3)4)19(16)20-18(23)11-21-10-6-7-15(21)12-22/h5,8-9,13-15,22H,6-7,10-12H2,1-4H3,(H,20,23)/t15-/m1/s1. The van der Waals surface area contributed by atoms with Crippen LogP contribution in [0, 0.1) is 0 Å². The van der Waals surface area contributed by atoms with Gasteiger partial charge in [0, 0.05) is 11.7 Å². The Hall–Kier alpha value is -1.39. The van der Waals surface area contributed by atoms with E-state index in [4.69, 9.17) is 0 Å². The summed E-state index contributed by atoms with van der Waals surface area (Å²) in [5, 5.41) is 12.6. The summed E-state index contributed by atoms with van der Waals surface area (Å²) in [6, 6.07) is 6.39. The number of aliphatic hydroxyl groups is 1. The number of hydrogen-bond acceptors (Lipinski definition) is 3. The molecule has 23 heavy (non-hydrogen) atoms. The maximum absolute atomic E-state index is 12.5. The maximum Gasteiger partial charge on any atom is 0.238 e. The number of amides is 1. The summed E-state index contributed by atoms with van der Waals surface area (Å²) < 4.78 is 0. The number of likely N-dealkylation sites (tertiary alicyclic amines) is 1. The second-order valence-corrected chi connectivity index (χ2v) is 7.12. The fourth-order valence-electron chi connectivity index (χ4n) is 3.37. The Bertz CT molecular complexity index is 514. The summed E-state index contributed by atoms with van der Waals surface area (Å²) in [5.41, 5.74) is 3.34. The van der Waals surface area contributed by atoms with Gasteiger partial charge in [-0.2, -0.15) is 0 Å². The minimum atomic E-state index is 0.0142. The van der Waals surface area contributed by atoms with E-state index in [2.05, 4.69) is 56.1 Å². The average Bonchev–Trinajstić information content (AvgIpc) is 2.93. The van der Waals surface area contributed by atoms with Crippen molar-refractivity contribution in [3.8, 4) is 0 Å². The minimum Gasteiger partial charge on any atom is -0.395 e. The molecule has 1 atom stereocenters. The molecule has 1 aromatic rings. The highest BCUT2D eigenvalue weighted by Crippen LogP contribution is 2.32. The third-order valence-corrected chi connectivity index (χ3v) is 4.69. The van der Waals surface area contributed by atoms with E-state index in [0.717, 1.165) is 25.1 Å². The van der Waals surface area contributed by atoms with Gasteiger partial charge >= 0.3 is 0 Å². The molecule has 1 aromatic carbocycles. The molecule has 1 amide bonds. The van der Waals surface area contributed by atoms with Crippen LogP contribution in [0.5, 0.6) is 0 Å². The Morgan fingerprint density at radius 1 is 1.26 bits per heavy atom. The molecule has 0 radical (unpaired) electrons. The average molecular weight is 318 g/mol. The van der Waals surface area contributed by atoms with Crippen LogP contribution in [-0.2, 0) is 4.79 Å². The van der Waals surface area contributed by atoms with Gasteiger partial charge in [0.2, 0.25) is 5.91 Å². The molecule has 4 nitrogen and oxygen atoms in total. The normalized spacial score (nSPS) is 18.8. The quantitative estimate of drug-likeness (QED) is 0.846. The number of nitrogens with zero attached hydrogens (tertiary/aromatic N) is 1. The second kappa shape index (κ2) is 7.93. The van der Waals surface area contributed by atoms with Crippen LogP contribution < -0.4 is 5.32 Å². The number of para-hydroxylation sites is 1. The number of benzene rings is 1. The Morgan fingerprint density at radius 3 is 2.39 bits per heavy atom. The van der Waals surface area contributed by atoms with E-state index >= 15 is 0 Å². The van der Waals surface area contributed by atoms with Gasteiger partial charge in [0.05, 0.1) is 13.2 Å². The third-order valence-electron chi connectivity index (χ3n) is 4.69. The van der Waals surface area contributed by atoms with E-state index in [1.54, 1.807) is 0 Å². The largest absolute Gasteiger partial charge is 0.395 e. The molecule has 0 aromatic heterocycles. The van der Waals surface area contributed by atoms with Crippen LogP contribution in [-0.4, -0.2) is 41.7 Å². The Labute approximate surface area is 139 Å². The first-order valence-corrected chi connectivity index (χ1v) is 8.71. The molecule has 1 aliphatic heterocycles. The lowest BCUT2D eigenvalue weighted by Gasteiger charge is -2.24. The van der Waals surface area contributed by atoms with Gasteiger partial charge < -0.3 is 10.4 Å². The van der Waals surface area contributed by atoms with Gasteiger partial charge in [-0.05, 0) is 42.3 Å². The number of nitrogens with one attached hydrogen (secondary N) is 1. The van der Waals surface area contributed by atoms with Crippen LogP contribution in [0.3, 0.4) is 0 Å². The molecule has 0 bridgehead atoms. The number of anilines is 1. The fourth-order valence-corrected chi connectivity index (χ4v) is 3.37. The summed E-state index contributed by atoms with van der Waals surface area (Å²) in [6.07, 6.45) is 2.03. The SMILES string of the molecule is CC(C)c1cccc(C(C)C)c1NC(=O)CN1CCC[C@@H]1CO. The van der Waals surface area contributed by atoms with E-state index in [0.29, 0.717) is 18.4 Å². The van der Waals surface area contributed by atoms with Crippen LogP contribution in [0.15, 0.2) is 18.2 Å². The number of aliphatic hydroxyl groups excluding tert-OH is 1. The summed E-state index contributed by atoms with van der Waals surface area (Å²) in [4.78, 5) is 14.6. The van der Waals surface area contributed by atoms with E-state index in [1.165, 1.54) is 11.1 Å². The van der Waals surface area contributed by atoms with Crippen molar-refractivity contribution in [2.75, 3.05) is 25.0 Å². The number of hydrogen-bond donors (Lipinski definition) is 2. The predicted octanol–water partition coefficient (Wildman–Crippen LogP) is 3.33. The van der Waals surface area contributed by atoms with E-state index in [1.807, 2.05) is 0 Å². The number of carbonyl (C=O) groups excluding carboxylic acids is 1. The first kappa shape index (κ1) is 18.0. The molecule has 4 heteroatoms. The van der Waals surface area contributed by atoms with Crippen LogP contribution in [0.2, 0.25) is 0 Å². The summed E-state index contributed by atoms with van der Waals surface area (Å²) in [7, 11) is 0. The molecule has 1 saturated heterocycles. The first-order chi connectivity index (χ1) is 10.9. The molecule has 128 valence electrons. The van der Waals surface area contributed by atoms with Gasteiger partial charge in [-0.1, -0.05) is 45.9 Å². The lowest BCUT2D eigenvalue weighted by atomic mass is 9.92. The summed E-state index contributed by atoms with van der Waals surface area (Å²) in [6.45, 7) is 9.98. The highest BCUT2D eigenvalue weighted by molar-refractivity contribution is 5.94. The maximum atomic E-state index is 12.5. The Kier molecular flexibility index (Phi) is 6.19. The number of rotatable bonds is 6. The van der Waals surface area contributed by atoms with E-state index in [9.17, 15) is 9.90 Å². The Morgan fingerprint density at radius 2 is 1.87 bits per heavy atom. The smallest absolute Gasteiger partial charge is 0.238 e. The van der Waals surface area contributed by atoms with Crippen LogP contribution in [0.25, 0.3) is 0 Å². The predicted molar refractivity (Wildman–Crippen MR) is 94.9 cm³/mol. The zero-order valence-corrected chi connectivity index (χ0v) is 14.8. The molecule has 0 unspecified atom stereocenters. The minimum absolute atomic E-state index is 0.0142. The first-order valence-electron chi connectivity index (χ1n) is 8.71. The highest BCUT2D eigenvalue weighted by Gasteiger charge is 2.26. The topological polar surface area (TPSA) is 52.6 Å². The molecule has 1 heterocycles. The van der Waals surface area contributed by atoms with Gasteiger partial charge in [-0.3, -0.25) is 9.69 Å². The van der Waals surface area contributed by atoms with Crippen molar-refractivity contribution >= 4 is 11.6 Å². The van der Waals surface area contributed by atoms with Crippen molar-refractivity contribution in [3.05, 3.63) is 29.3 Å². The van der Waals surface area contributed by atoms with Gasteiger partial charge in [0.25, 0.3) is 0 Å². The lowest BCUT2D eigenvalue weighted by molar-refractivity contribution is -0.117. The van der Waals surface area contributed by atoms with Crippen molar-refractivity contribution in [1.82, 2.24) is 4.90 Å². The molecular formula is C19H30N2O2. The van der Waals surface area contributed by atoms with E-state index in [-0.39, 0.29) is 18.6 Å². The summed E-state index contributed by atoms with van der Waals surface area (Å²) in [5.74, 6) is 0.738. The van der Waals surface area contributed by atoms with Crippen molar-refractivity contribution in [1.29, 1.82) is 0 Å². The number of carbonyl (C=O) groups is 1. The van der Waals surface area contributed by atoms with E-state index < -0.39 is 0 Å². The molecule has 0 spiro atoms. The molecule has 2 rings (SSSR count). The second-order valence-electron chi connectivity index (χ2n) is 7.12. The Balaban J connectivity index is 2.16. The van der Waals surface area contributed by atoms with Crippen LogP contribution >= 0.6 is 0 Å². The monoisotopic (exact) mass is 318 g/mol. The van der Waals surface area contributed by atoms with Crippen molar-refractivity contribution in [2.24, 2.45) is 0 Å². The van der Waals surface area contributed by atoms with Crippen molar-refractivity contribution in [3.63, 3.8) is 0 Å². The zero-order valence-electron chi connectivity index (χ0n) is 14.8. The van der Waals surface area contributed by atoms with Gasteiger partial charge in [-0.25, -0.2) is 0 Å². The lowest BCUT2D eigenvalue weighted by Crippen LogP contribution is -2.38. The summed E-state index contributed by atoms with van der Waals surface area (Å²) >= 11 is 0. The van der Waals surface area contributed by atoms with Crippen molar-refractivity contribution < 1.29 is 9.90 Å². The van der Waals surface area contributed by atoms with Crippen molar-refractivity contribution in [2.45, 2.75) is 58.4 Å². The third kappa shape index (κ3) is 4.33. The molecular weight excluding hydrogens is 288 g/mol. The zero-order chi connectivity index (χ0) is 17.0.